The van der Waals surface area contributed by atoms with Crippen molar-refractivity contribution in [1.82, 2.24) is 19.9 Å². The van der Waals surface area contributed by atoms with Crippen LogP contribution in [0.15, 0.2) is 36.9 Å². The van der Waals surface area contributed by atoms with Gasteiger partial charge in [0, 0.05) is 30.8 Å². The Labute approximate surface area is 113 Å². The second-order valence-electron chi connectivity index (χ2n) is 5.20. The Hall–Kier alpha value is -1.68. The number of imidazole rings is 1. The summed E-state index contributed by atoms with van der Waals surface area (Å²) in [6.07, 6.45) is 12.5. The van der Waals surface area contributed by atoms with E-state index in [-0.39, 0.29) is 0 Å². The van der Waals surface area contributed by atoms with E-state index in [1.54, 1.807) is 0 Å². The van der Waals surface area contributed by atoms with Gasteiger partial charge >= 0.3 is 0 Å². The lowest BCUT2D eigenvalue weighted by atomic mass is 10.0. The van der Waals surface area contributed by atoms with Gasteiger partial charge in [0.25, 0.3) is 0 Å². The van der Waals surface area contributed by atoms with Crippen LogP contribution in [-0.4, -0.2) is 32.4 Å². The molecular weight excluding hydrogens is 236 g/mol. The van der Waals surface area contributed by atoms with E-state index in [9.17, 15) is 0 Å². The van der Waals surface area contributed by atoms with Crippen molar-refractivity contribution in [1.29, 1.82) is 0 Å². The Bertz CT molecular complexity index is 480. The number of aromatic nitrogens is 3. The van der Waals surface area contributed by atoms with Crippen molar-refractivity contribution in [3.8, 4) is 0 Å². The molecule has 1 aliphatic rings. The predicted octanol–water partition coefficient (Wildman–Crippen LogP) is 2.40. The molecule has 3 heterocycles. The third-order valence-corrected chi connectivity index (χ3v) is 3.92. The molecule has 0 spiro atoms. The Balaban J connectivity index is 1.55. The highest BCUT2D eigenvalue weighted by molar-refractivity contribution is 5.10. The molecule has 0 amide bonds. The van der Waals surface area contributed by atoms with Crippen molar-refractivity contribution in [2.45, 2.75) is 38.3 Å². The molecule has 1 aliphatic heterocycles. The minimum absolute atomic E-state index is 0.693. The molecule has 2 aromatic rings. The van der Waals surface area contributed by atoms with Gasteiger partial charge in [0.15, 0.2) is 0 Å². The van der Waals surface area contributed by atoms with Crippen LogP contribution < -0.4 is 0 Å². The summed E-state index contributed by atoms with van der Waals surface area (Å²) in [6, 6.07) is 4.93. The Morgan fingerprint density at radius 3 is 2.95 bits per heavy atom. The number of nitrogens with zero attached hydrogens (tertiary/aromatic N) is 3. The molecule has 4 nitrogen and oxygen atoms in total. The number of rotatable bonds is 5. The van der Waals surface area contributed by atoms with E-state index in [0.717, 1.165) is 18.8 Å². The second kappa shape index (κ2) is 5.97. The fraction of sp³-hybridized carbons (Fsp3) is 0.467. The van der Waals surface area contributed by atoms with Crippen LogP contribution in [0.25, 0.3) is 0 Å². The SMILES string of the molecule is c1cc(CC[C@@H]2CCCN2Cc2ncc[nH]2)ccn1. The van der Waals surface area contributed by atoms with Gasteiger partial charge in [0.1, 0.15) is 5.82 Å². The Morgan fingerprint density at radius 2 is 2.16 bits per heavy atom. The third-order valence-electron chi connectivity index (χ3n) is 3.92. The maximum Gasteiger partial charge on any atom is 0.120 e. The molecule has 100 valence electrons. The molecular formula is C15H20N4. The first kappa shape index (κ1) is 12.4. The molecule has 1 fully saturated rings. The van der Waals surface area contributed by atoms with E-state index in [2.05, 4.69) is 32.0 Å². The van der Waals surface area contributed by atoms with Gasteiger partial charge in [-0.05, 0) is 49.9 Å². The number of hydrogen-bond donors (Lipinski definition) is 1. The number of likely N-dealkylation sites (tertiary alicyclic amines) is 1. The van der Waals surface area contributed by atoms with Crippen molar-refractivity contribution in [2.75, 3.05) is 6.54 Å². The van der Waals surface area contributed by atoms with E-state index in [4.69, 9.17) is 0 Å². The molecule has 1 saturated heterocycles. The lowest BCUT2D eigenvalue weighted by molar-refractivity contribution is 0.230. The largest absolute Gasteiger partial charge is 0.348 e. The van der Waals surface area contributed by atoms with Gasteiger partial charge in [-0.1, -0.05) is 0 Å². The first-order valence-corrected chi connectivity index (χ1v) is 7.03. The van der Waals surface area contributed by atoms with Crippen LogP contribution in [0.5, 0.6) is 0 Å². The topological polar surface area (TPSA) is 44.8 Å². The summed E-state index contributed by atoms with van der Waals surface area (Å²) >= 11 is 0. The van der Waals surface area contributed by atoms with E-state index in [1.165, 1.54) is 31.4 Å². The molecule has 4 heteroatoms. The van der Waals surface area contributed by atoms with E-state index < -0.39 is 0 Å². The quantitative estimate of drug-likeness (QED) is 0.893. The third kappa shape index (κ3) is 3.20. The molecule has 0 aliphatic carbocycles. The number of nitrogens with one attached hydrogen (secondary N) is 1. The summed E-state index contributed by atoms with van der Waals surface area (Å²) in [5.74, 6) is 1.08. The van der Waals surface area contributed by atoms with Crippen LogP contribution in [-0.2, 0) is 13.0 Å². The molecule has 0 saturated carbocycles. The summed E-state index contributed by atoms with van der Waals surface area (Å²) in [4.78, 5) is 14.1. The van der Waals surface area contributed by atoms with Crippen LogP contribution in [0.1, 0.15) is 30.7 Å². The lowest BCUT2D eigenvalue weighted by Crippen LogP contribution is -2.29. The molecule has 0 radical (unpaired) electrons. The van der Waals surface area contributed by atoms with Gasteiger partial charge in [-0.2, -0.15) is 0 Å². The highest BCUT2D eigenvalue weighted by atomic mass is 15.2. The first-order chi connectivity index (χ1) is 9.42. The first-order valence-electron chi connectivity index (χ1n) is 7.03. The Morgan fingerprint density at radius 1 is 1.26 bits per heavy atom. The summed E-state index contributed by atoms with van der Waals surface area (Å²) in [6.45, 7) is 2.15. The molecule has 1 N–H and O–H groups in total. The van der Waals surface area contributed by atoms with Gasteiger partial charge in [-0.3, -0.25) is 9.88 Å². The van der Waals surface area contributed by atoms with Crippen LogP contribution in [0.4, 0.5) is 0 Å². The standard InChI is InChI=1S/C15H20N4/c1-2-14(4-3-13-5-7-16-8-6-13)19(11-1)12-15-17-9-10-18-15/h5-10,14H,1-4,11-12H2,(H,17,18)/t14-/m0/s1. The Kier molecular flexibility index (Phi) is 3.89. The molecule has 0 bridgehead atoms. The smallest absolute Gasteiger partial charge is 0.120 e. The van der Waals surface area contributed by atoms with E-state index >= 15 is 0 Å². The minimum Gasteiger partial charge on any atom is -0.348 e. The minimum atomic E-state index is 0.693. The molecule has 2 aromatic heterocycles. The fourth-order valence-electron chi connectivity index (χ4n) is 2.89. The molecule has 3 rings (SSSR count). The maximum atomic E-state index is 4.33. The zero-order valence-corrected chi connectivity index (χ0v) is 11.1. The van der Waals surface area contributed by atoms with Crippen molar-refractivity contribution in [3.63, 3.8) is 0 Å². The van der Waals surface area contributed by atoms with E-state index in [0.29, 0.717) is 6.04 Å². The van der Waals surface area contributed by atoms with Crippen LogP contribution in [0, 0.1) is 0 Å². The molecule has 19 heavy (non-hydrogen) atoms. The van der Waals surface area contributed by atoms with Gasteiger partial charge in [0.2, 0.25) is 0 Å². The lowest BCUT2D eigenvalue weighted by Gasteiger charge is -2.23. The highest BCUT2D eigenvalue weighted by Gasteiger charge is 2.24. The normalized spacial score (nSPS) is 19.9. The number of aryl methyl sites for hydroxylation is 1. The van der Waals surface area contributed by atoms with Crippen molar-refractivity contribution in [2.24, 2.45) is 0 Å². The monoisotopic (exact) mass is 256 g/mol. The maximum absolute atomic E-state index is 4.33. The zero-order valence-electron chi connectivity index (χ0n) is 11.1. The molecule has 1 atom stereocenters. The summed E-state index contributed by atoms with van der Waals surface area (Å²) in [5.41, 5.74) is 1.39. The predicted molar refractivity (Wildman–Crippen MR) is 74.6 cm³/mol. The number of aromatic amines is 1. The zero-order chi connectivity index (χ0) is 12.9. The van der Waals surface area contributed by atoms with Crippen molar-refractivity contribution >= 4 is 0 Å². The van der Waals surface area contributed by atoms with Gasteiger partial charge in [-0.15, -0.1) is 0 Å². The van der Waals surface area contributed by atoms with Crippen LogP contribution in [0.3, 0.4) is 0 Å². The molecule has 0 aromatic carbocycles. The number of H-pyrrole nitrogens is 1. The summed E-state index contributed by atoms with van der Waals surface area (Å²) < 4.78 is 0. The highest BCUT2D eigenvalue weighted by Crippen LogP contribution is 2.23. The van der Waals surface area contributed by atoms with Crippen LogP contribution in [0.2, 0.25) is 0 Å². The number of pyridine rings is 1. The van der Waals surface area contributed by atoms with Crippen molar-refractivity contribution in [3.05, 3.63) is 48.3 Å². The average Bonchev–Trinajstić information content (AvgIpc) is 3.10. The fourth-order valence-corrected chi connectivity index (χ4v) is 2.89. The summed E-state index contributed by atoms with van der Waals surface area (Å²) in [7, 11) is 0. The summed E-state index contributed by atoms with van der Waals surface area (Å²) in [5, 5.41) is 0. The van der Waals surface area contributed by atoms with Crippen molar-refractivity contribution < 1.29 is 0 Å². The second-order valence-corrected chi connectivity index (χ2v) is 5.20. The van der Waals surface area contributed by atoms with Gasteiger partial charge < -0.3 is 4.98 Å². The number of hydrogen-bond acceptors (Lipinski definition) is 3. The van der Waals surface area contributed by atoms with Gasteiger partial charge in [0.05, 0.1) is 6.54 Å². The molecule has 0 unspecified atom stereocenters. The van der Waals surface area contributed by atoms with Gasteiger partial charge in [-0.25, -0.2) is 4.98 Å². The van der Waals surface area contributed by atoms with Crippen LogP contribution >= 0.6 is 0 Å². The average molecular weight is 256 g/mol. The van der Waals surface area contributed by atoms with E-state index in [1.807, 2.05) is 24.8 Å².